The topological polar surface area (TPSA) is 37.4 Å². The molecule has 1 aromatic carbocycles. The Labute approximate surface area is 106 Å². The third kappa shape index (κ3) is 2.02. The summed E-state index contributed by atoms with van der Waals surface area (Å²) >= 11 is 0. The van der Waals surface area contributed by atoms with E-state index in [1.165, 1.54) is 4.90 Å². The average molecular weight is 239 g/mol. The molecule has 0 radical (unpaired) electrons. The van der Waals surface area contributed by atoms with Crippen LogP contribution < -0.4 is 4.90 Å². The fourth-order valence-corrected chi connectivity index (χ4v) is 1.87. The zero-order valence-corrected chi connectivity index (χ0v) is 9.93. The first-order chi connectivity index (χ1) is 8.65. The highest BCUT2D eigenvalue weighted by Gasteiger charge is 2.35. The molecular formula is C15H13NO2. The monoisotopic (exact) mass is 239 g/mol. The molecular weight excluding hydrogens is 226 g/mol. The van der Waals surface area contributed by atoms with E-state index in [9.17, 15) is 9.59 Å². The van der Waals surface area contributed by atoms with E-state index in [1.54, 1.807) is 42.5 Å². The Bertz CT molecular complexity index is 570. The molecule has 1 aromatic rings. The van der Waals surface area contributed by atoms with E-state index >= 15 is 0 Å². The zero-order chi connectivity index (χ0) is 13.1. The standard InChI is InChI=1S/C15H13NO2/c1-3-4-7-11(2)10-16-13-9-6-5-8-12(13)14(17)15(16)18/h3-9H,1-2,10H2/b7-4-. The highest BCUT2D eigenvalue weighted by Crippen LogP contribution is 2.28. The van der Waals surface area contributed by atoms with Crippen molar-refractivity contribution in [2.24, 2.45) is 0 Å². The van der Waals surface area contributed by atoms with Gasteiger partial charge in [-0.05, 0) is 17.7 Å². The molecule has 0 bridgehead atoms. The summed E-state index contributed by atoms with van der Waals surface area (Å²) in [4.78, 5) is 25.1. The molecule has 0 fully saturated rings. The molecule has 2 rings (SSSR count). The second-order valence-corrected chi connectivity index (χ2v) is 3.99. The summed E-state index contributed by atoms with van der Waals surface area (Å²) in [7, 11) is 0. The largest absolute Gasteiger partial charge is 0.300 e. The molecule has 0 aromatic heterocycles. The molecule has 0 aliphatic carbocycles. The normalized spacial score (nSPS) is 14.1. The second kappa shape index (κ2) is 4.84. The summed E-state index contributed by atoms with van der Waals surface area (Å²) in [6, 6.07) is 6.99. The van der Waals surface area contributed by atoms with Crippen molar-refractivity contribution in [2.45, 2.75) is 0 Å². The van der Waals surface area contributed by atoms with Gasteiger partial charge in [-0.1, -0.05) is 43.5 Å². The van der Waals surface area contributed by atoms with Crippen molar-refractivity contribution in [2.75, 3.05) is 11.4 Å². The lowest BCUT2D eigenvalue weighted by Crippen LogP contribution is -2.31. The van der Waals surface area contributed by atoms with Crippen molar-refractivity contribution in [1.82, 2.24) is 0 Å². The van der Waals surface area contributed by atoms with Gasteiger partial charge in [-0.25, -0.2) is 0 Å². The summed E-state index contributed by atoms with van der Waals surface area (Å²) in [5.41, 5.74) is 1.86. The maximum Gasteiger partial charge on any atom is 0.299 e. The van der Waals surface area contributed by atoms with Gasteiger partial charge in [-0.2, -0.15) is 0 Å². The van der Waals surface area contributed by atoms with Crippen LogP contribution in [0.1, 0.15) is 10.4 Å². The molecule has 0 spiro atoms. The van der Waals surface area contributed by atoms with Crippen LogP contribution in [0, 0.1) is 0 Å². The molecule has 0 saturated carbocycles. The van der Waals surface area contributed by atoms with Crippen molar-refractivity contribution >= 4 is 17.4 Å². The van der Waals surface area contributed by atoms with Crippen molar-refractivity contribution in [3.8, 4) is 0 Å². The van der Waals surface area contributed by atoms with E-state index in [4.69, 9.17) is 0 Å². The molecule has 0 saturated heterocycles. The minimum atomic E-state index is -0.496. The lowest BCUT2D eigenvalue weighted by atomic mass is 10.1. The van der Waals surface area contributed by atoms with Crippen molar-refractivity contribution in [3.63, 3.8) is 0 Å². The first-order valence-corrected chi connectivity index (χ1v) is 5.57. The zero-order valence-electron chi connectivity index (χ0n) is 9.93. The van der Waals surface area contributed by atoms with Gasteiger partial charge in [0.1, 0.15) is 0 Å². The molecule has 1 heterocycles. The Morgan fingerprint density at radius 1 is 1.28 bits per heavy atom. The quantitative estimate of drug-likeness (QED) is 0.598. The molecule has 90 valence electrons. The SMILES string of the molecule is C=C/C=C\C(=C)CN1C(=O)C(=O)c2ccccc21. The summed E-state index contributed by atoms with van der Waals surface area (Å²) < 4.78 is 0. The lowest BCUT2D eigenvalue weighted by molar-refractivity contribution is -0.114. The average Bonchev–Trinajstić information content (AvgIpc) is 2.62. The molecule has 1 amide bonds. The van der Waals surface area contributed by atoms with Gasteiger partial charge in [0.05, 0.1) is 17.8 Å². The number of anilines is 1. The van der Waals surface area contributed by atoms with Crippen LogP contribution in [0.4, 0.5) is 5.69 Å². The number of allylic oxidation sites excluding steroid dienone is 2. The van der Waals surface area contributed by atoms with Crippen LogP contribution in [0.2, 0.25) is 0 Å². The molecule has 0 unspecified atom stereocenters. The first-order valence-electron chi connectivity index (χ1n) is 5.57. The van der Waals surface area contributed by atoms with Crippen molar-refractivity contribution < 1.29 is 9.59 Å². The summed E-state index contributed by atoms with van der Waals surface area (Å²) in [5.74, 6) is -0.949. The molecule has 1 aliphatic rings. The lowest BCUT2D eigenvalue weighted by Gasteiger charge is -2.16. The van der Waals surface area contributed by atoms with Gasteiger partial charge >= 0.3 is 0 Å². The summed E-state index contributed by atoms with van der Waals surface area (Å²) in [6.45, 7) is 7.72. The second-order valence-electron chi connectivity index (χ2n) is 3.99. The Morgan fingerprint density at radius 3 is 2.72 bits per heavy atom. The number of hydrogen-bond donors (Lipinski definition) is 0. The number of carbonyl (C=O) groups excluding carboxylic acids is 2. The number of hydrogen-bond acceptors (Lipinski definition) is 2. The number of fused-ring (bicyclic) bond motifs is 1. The minimum Gasteiger partial charge on any atom is -0.300 e. The highest BCUT2D eigenvalue weighted by molar-refractivity contribution is 6.52. The number of ketones is 1. The number of amides is 1. The number of Topliss-reactive ketones (excluding diaryl/α,β-unsaturated/α-hetero) is 1. The molecule has 3 heteroatoms. The van der Waals surface area contributed by atoms with Gasteiger partial charge in [0.15, 0.2) is 0 Å². The van der Waals surface area contributed by atoms with Crippen LogP contribution in [-0.2, 0) is 4.79 Å². The summed E-state index contributed by atoms with van der Waals surface area (Å²) in [6.07, 6.45) is 5.15. The van der Waals surface area contributed by atoms with Crippen LogP contribution in [0.15, 0.2) is 61.2 Å². The van der Waals surface area contributed by atoms with E-state index in [1.807, 2.05) is 0 Å². The van der Waals surface area contributed by atoms with Crippen LogP contribution >= 0.6 is 0 Å². The maximum atomic E-state index is 11.9. The Kier molecular flexibility index (Phi) is 3.24. The van der Waals surface area contributed by atoms with Crippen LogP contribution in [0.25, 0.3) is 0 Å². The molecule has 3 nitrogen and oxygen atoms in total. The number of benzene rings is 1. The molecule has 0 atom stereocenters. The molecule has 1 aliphatic heterocycles. The number of nitrogens with zero attached hydrogens (tertiary/aromatic N) is 1. The van der Waals surface area contributed by atoms with Gasteiger partial charge < -0.3 is 4.90 Å². The molecule has 18 heavy (non-hydrogen) atoms. The Morgan fingerprint density at radius 2 is 2.00 bits per heavy atom. The van der Waals surface area contributed by atoms with Gasteiger partial charge in [-0.15, -0.1) is 0 Å². The smallest absolute Gasteiger partial charge is 0.299 e. The van der Waals surface area contributed by atoms with E-state index in [2.05, 4.69) is 13.2 Å². The third-order valence-corrected chi connectivity index (χ3v) is 2.71. The highest BCUT2D eigenvalue weighted by atomic mass is 16.2. The third-order valence-electron chi connectivity index (χ3n) is 2.71. The number of rotatable bonds is 4. The predicted molar refractivity (Wildman–Crippen MR) is 71.6 cm³/mol. The van der Waals surface area contributed by atoms with E-state index in [0.717, 1.165) is 5.57 Å². The fourth-order valence-electron chi connectivity index (χ4n) is 1.87. The Balaban J connectivity index is 2.27. The van der Waals surface area contributed by atoms with Crippen molar-refractivity contribution in [3.05, 3.63) is 66.8 Å². The van der Waals surface area contributed by atoms with Gasteiger partial charge in [0.25, 0.3) is 11.7 Å². The van der Waals surface area contributed by atoms with E-state index in [0.29, 0.717) is 17.8 Å². The first kappa shape index (κ1) is 12.0. The van der Waals surface area contributed by atoms with Crippen LogP contribution in [0.5, 0.6) is 0 Å². The summed E-state index contributed by atoms with van der Waals surface area (Å²) in [5, 5.41) is 0. The molecule has 0 N–H and O–H groups in total. The minimum absolute atomic E-state index is 0.311. The van der Waals surface area contributed by atoms with Crippen molar-refractivity contribution in [1.29, 1.82) is 0 Å². The van der Waals surface area contributed by atoms with Crippen LogP contribution in [0.3, 0.4) is 0 Å². The van der Waals surface area contributed by atoms with E-state index in [-0.39, 0.29) is 0 Å². The predicted octanol–water partition coefficient (Wildman–Crippen LogP) is 2.51. The van der Waals surface area contributed by atoms with Gasteiger partial charge in [0, 0.05) is 0 Å². The maximum absolute atomic E-state index is 11.9. The number of para-hydroxylation sites is 1. The number of carbonyl (C=O) groups is 2. The van der Waals surface area contributed by atoms with Gasteiger partial charge in [0.2, 0.25) is 0 Å². The van der Waals surface area contributed by atoms with Crippen LogP contribution in [-0.4, -0.2) is 18.2 Å². The Hall–Kier alpha value is -2.42. The fraction of sp³-hybridized carbons (Fsp3) is 0.0667. The van der Waals surface area contributed by atoms with E-state index < -0.39 is 11.7 Å². The van der Waals surface area contributed by atoms with Gasteiger partial charge in [-0.3, -0.25) is 9.59 Å².